The van der Waals surface area contributed by atoms with Crippen LogP contribution in [0.5, 0.6) is 0 Å². The summed E-state index contributed by atoms with van der Waals surface area (Å²) in [7, 11) is 0. The molecule has 0 N–H and O–H groups in total. The Morgan fingerprint density at radius 3 is 2.19 bits per heavy atom. The van der Waals surface area contributed by atoms with Gasteiger partial charge in [0.1, 0.15) is 5.76 Å². The van der Waals surface area contributed by atoms with Gasteiger partial charge in [0.15, 0.2) is 0 Å². The van der Waals surface area contributed by atoms with E-state index in [1.807, 2.05) is 6.92 Å². The van der Waals surface area contributed by atoms with Gasteiger partial charge in [-0.3, -0.25) is 0 Å². The predicted octanol–water partition coefficient (Wildman–Crippen LogP) is 3.83. The maximum absolute atomic E-state index is 5.69. The summed E-state index contributed by atoms with van der Waals surface area (Å²) in [6, 6.07) is 6.37. The van der Waals surface area contributed by atoms with Gasteiger partial charge in [0.25, 0.3) is 0 Å². The molecule has 2 rings (SSSR count). The molecular formula is C14H17NO. The van der Waals surface area contributed by atoms with Crippen LogP contribution in [0.3, 0.4) is 0 Å². The molecule has 2 nitrogen and oxygen atoms in total. The number of nitrogens with zero attached hydrogens (tertiary/aromatic N) is 1. The van der Waals surface area contributed by atoms with Gasteiger partial charge >= 0.3 is 0 Å². The Hall–Kier alpha value is -1.57. The molecule has 0 spiro atoms. The van der Waals surface area contributed by atoms with Crippen molar-refractivity contribution in [3.05, 3.63) is 40.8 Å². The SMILES string of the molecule is CCc1nc(-c2cc(C)cc(C)c2)oc1C. The van der Waals surface area contributed by atoms with Crippen molar-refractivity contribution in [1.82, 2.24) is 4.98 Å². The number of aromatic nitrogens is 1. The smallest absolute Gasteiger partial charge is 0.226 e. The number of hydrogen-bond acceptors (Lipinski definition) is 2. The number of oxazole rings is 1. The summed E-state index contributed by atoms with van der Waals surface area (Å²) >= 11 is 0. The molecule has 0 bridgehead atoms. The molecule has 1 aromatic carbocycles. The van der Waals surface area contributed by atoms with Crippen LogP contribution in [0, 0.1) is 20.8 Å². The number of benzene rings is 1. The predicted molar refractivity (Wildman–Crippen MR) is 65.5 cm³/mol. The van der Waals surface area contributed by atoms with Crippen molar-refractivity contribution < 1.29 is 4.42 Å². The second kappa shape index (κ2) is 4.12. The molecular weight excluding hydrogens is 198 g/mol. The van der Waals surface area contributed by atoms with E-state index in [0.29, 0.717) is 0 Å². The van der Waals surface area contributed by atoms with Gasteiger partial charge in [0.05, 0.1) is 5.69 Å². The van der Waals surface area contributed by atoms with E-state index in [1.54, 1.807) is 0 Å². The second-order valence-corrected chi connectivity index (χ2v) is 4.25. The van der Waals surface area contributed by atoms with Gasteiger partial charge in [-0.2, -0.15) is 0 Å². The van der Waals surface area contributed by atoms with Crippen LogP contribution in [-0.2, 0) is 6.42 Å². The summed E-state index contributed by atoms with van der Waals surface area (Å²) in [5.41, 5.74) is 4.60. The molecule has 1 heterocycles. The lowest BCUT2D eigenvalue weighted by atomic mass is 10.1. The zero-order chi connectivity index (χ0) is 11.7. The third kappa shape index (κ3) is 2.01. The van der Waals surface area contributed by atoms with Crippen LogP contribution in [0.2, 0.25) is 0 Å². The van der Waals surface area contributed by atoms with Gasteiger partial charge in [-0.1, -0.05) is 24.1 Å². The molecule has 0 atom stereocenters. The van der Waals surface area contributed by atoms with E-state index in [1.165, 1.54) is 11.1 Å². The van der Waals surface area contributed by atoms with E-state index in [9.17, 15) is 0 Å². The van der Waals surface area contributed by atoms with Crippen LogP contribution in [0.25, 0.3) is 11.5 Å². The van der Waals surface area contributed by atoms with E-state index in [0.717, 1.165) is 29.3 Å². The Labute approximate surface area is 96.3 Å². The minimum Gasteiger partial charge on any atom is -0.441 e. The summed E-state index contributed by atoms with van der Waals surface area (Å²) in [5.74, 6) is 1.66. The van der Waals surface area contributed by atoms with Gasteiger partial charge < -0.3 is 4.42 Å². The van der Waals surface area contributed by atoms with Crippen molar-refractivity contribution in [2.24, 2.45) is 0 Å². The van der Waals surface area contributed by atoms with Crippen molar-refractivity contribution in [1.29, 1.82) is 0 Å². The molecule has 1 aromatic heterocycles. The van der Waals surface area contributed by atoms with E-state index in [-0.39, 0.29) is 0 Å². The molecule has 0 saturated carbocycles. The Kier molecular flexibility index (Phi) is 2.82. The fraction of sp³-hybridized carbons (Fsp3) is 0.357. The number of hydrogen-bond donors (Lipinski definition) is 0. The third-order valence-electron chi connectivity index (χ3n) is 2.70. The van der Waals surface area contributed by atoms with E-state index < -0.39 is 0 Å². The van der Waals surface area contributed by atoms with Crippen molar-refractivity contribution >= 4 is 0 Å². The topological polar surface area (TPSA) is 26.0 Å². The Morgan fingerprint density at radius 2 is 1.69 bits per heavy atom. The first-order valence-electron chi connectivity index (χ1n) is 5.65. The standard InChI is InChI=1S/C14H17NO/c1-5-13-11(4)16-14(15-13)12-7-9(2)6-10(3)8-12/h6-8H,5H2,1-4H3. The van der Waals surface area contributed by atoms with Crippen molar-refractivity contribution in [3.63, 3.8) is 0 Å². The minimum atomic E-state index is 0.737. The van der Waals surface area contributed by atoms with Crippen LogP contribution in [0.1, 0.15) is 29.5 Å². The van der Waals surface area contributed by atoms with Gasteiger partial charge in [0, 0.05) is 5.56 Å². The first-order chi connectivity index (χ1) is 7.60. The Morgan fingerprint density at radius 1 is 1.06 bits per heavy atom. The fourth-order valence-electron chi connectivity index (χ4n) is 1.98. The molecule has 2 heteroatoms. The molecule has 0 aliphatic heterocycles. The zero-order valence-corrected chi connectivity index (χ0v) is 10.3. The normalized spacial score (nSPS) is 10.8. The number of rotatable bonds is 2. The summed E-state index contributed by atoms with van der Waals surface area (Å²) in [6.45, 7) is 8.24. The van der Waals surface area contributed by atoms with E-state index >= 15 is 0 Å². The van der Waals surface area contributed by atoms with Crippen LogP contribution in [0.15, 0.2) is 22.6 Å². The summed E-state index contributed by atoms with van der Waals surface area (Å²) in [5, 5.41) is 0. The average Bonchev–Trinajstić information content (AvgIpc) is 2.58. The van der Waals surface area contributed by atoms with Crippen LogP contribution in [-0.4, -0.2) is 4.98 Å². The summed E-state index contributed by atoms with van der Waals surface area (Å²) < 4.78 is 5.69. The lowest BCUT2D eigenvalue weighted by Crippen LogP contribution is -1.84. The van der Waals surface area contributed by atoms with Crippen molar-refractivity contribution in [2.75, 3.05) is 0 Å². The molecule has 0 saturated heterocycles. The highest BCUT2D eigenvalue weighted by atomic mass is 16.4. The largest absolute Gasteiger partial charge is 0.441 e. The fourth-order valence-corrected chi connectivity index (χ4v) is 1.98. The molecule has 16 heavy (non-hydrogen) atoms. The lowest BCUT2D eigenvalue weighted by Gasteiger charge is -2.00. The molecule has 0 fully saturated rings. The van der Waals surface area contributed by atoms with Gasteiger partial charge in [-0.25, -0.2) is 4.98 Å². The lowest BCUT2D eigenvalue weighted by molar-refractivity contribution is 0.539. The zero-order valence-electron chi connectivity index (χ0n) is 10.3. The van der Waals surface area contributed by atoms with Crippen LogP contribution < -0.4 is 0 Å². The van der Waals surface area contributed by atoms with Gasteiger partial charge in [-0.05, 0) is 39.3 Å². The summed E-state index contributed by atoms with van der Waals surface area (Å²) in [4.78, 5) is 4.51. The number of aryl methyl sites for hydroxylation is 4. The van der Waals surface area contributed by atoms with Crippen molar-refractivity contribution in [2.45, 2.75) is 34.1 Å². The molecule has 0 radical (unpaired) electrons. The van der Waals surface area contributed by atoms with E-state index in [4.69, 9.17) is 4.42 Å². The van der Waals surface area contributed by atoms with Crippen LogP contribution >= 0.6 is 0 Å². The van der Waals surface area contributed by atoms with E-state index in [2.05, 4.69) is 44.0 Å². The first kappa shape index (κ1) is 10.9. The summed E-state index contributed by atoms with van der Waals surface area (Å²) in [6.07, 6.45) is 0.917. The van der Waals surface area contributed by atoms with Gasteiger partial charge in [-0.15, -0.1) is 0 Å². The molecule has 0 aliphatic rings. The highest BCUT2D eigenvalue weighted by Crippen LogP contribution is 2.24. The Bertz CT molecular complexity index is 491. The van der Waals surface area contributed by atoms with Crippen molar-refractivity contribution in [3.8, 4) is 11.5 Å². The maximum atomic E-state index is 5.69. The van der Waals surface area contributed by atoms with Gasteiger partial charge in [0.2, 0.25) is 5.89 Å². The molecule has 0 unspecified atom stereocenters. The highest BCUT2D eigenvalue weighted by molar-refractivity contribution is 5.56. The maximum Gasteiger partial charge on any atom is 0.226 e. The first-order valence-corrected chi connectivity index (χ1v) is 5.65. The molecule has 0 aliphatic carbocycles. The third-order valence-corrected chi connectivity index (χ3v) is 2.70. The Balaban J connectivity index is 2.49. The average molecular weight is 215 g/mol. The monoisotopic (exact) mass is 215 g/mol. The van der Waals surface area contributed by atoms with Crippen LogP contribution in [0.4, 0.5) is 0 Å². The highest BCUT2D eigenvalue weighted by Gasteiger charge is 2.10. The molecule has 2 aromatic rings. The molecule has 0 amide bonds. The quantitative estimate of drug-likeness (QED) is 0.761. The minimum absolute atomic E-state index is 0.737. The second-order valence-electron chi connectivity index (χ2n) is 4.25. The molecule has 84 valence electrons.